The standard InChI is InChI=1S/C23H23FN6O4S2/c1-13-18(28-36(32,33)22-12-25-15(3)35-22)8-9-19(26-13)23-20(30(4)29-27-23)11-21(31)34-14(2)16-6-5-7-17(24)10-16/h5-10,12,14,28H,11H2,1-4H3/t14-/m1/s1. The third kappa shape index (κ3) is 5.57. The summed E-state index contributed by atoms with van der Waals surface area (Å²) in [6.45, 7) is 5.04. The molecule has 0 radical (unpaired) electrons. The summed E-state index contributed by atoms with van der Waals surface area (Å²) in [5.74, 6) is -0.956. The molecular weight excluding hydrogens is 507 g/mol. The van der Waals surface area contributed by atoms with Crippen LogP contribution < -0.4 is 4.72 Å². The molecule has 0 saturated carbocycles. The molecule has 4 aromatic rings. The predicted octanol–water partition coefficient (Wildman–Crippen LogP) is 3.74. The van der Waals surface area contributed by atoms with Gasteiger partial charge in [-0.25, -0.2) is 22.8 Å². The van der Waals surface area contributed by atoms with Crippen LogP contribution in [0.15, 0.2) is 46.8 Å². The maximum Gasteiger partial charge on any atom is 0.312 e. The Morgan fingerprint density at radius 2 is 2.03 bits per heavy atom. The minimum atomic E-state index is -3.80. The molecule has 0 aliphatic carbocycles. The average molecular weight is 531 g/mol. The highest BCUT2D eigenvalue weighted by Gasteiger charge is 2.22. The highest BCUT2D eigenvalue weighted by atomic mass is 32.2. The largest absolute Gasteiger partial charge is 0.457 e. The van der Waals surface area contributed by atoms with Gasteiger partial charge in [-0.2, -0.15) is 0 Å². The van der Waals surface area contributed by atoms with Gasteiger partial charge in [0.2, 0.25) is 0 Å². The minimum absolute atomic E-state index is 0.102. The first-order chi connectivity index (χ1) is 17.0. The van der Waals surface area contributed by atoms with E-state index in [4.69, 9.17) is 4.74 Å². The molecule has 36 heavy (non-hydrogen) atoms. The molecule has 3 heterocycles. The number of carbonyl (C=O) groups is 1. The molecule has 0 unspecified atom stereocenters. The molecular formula is C23H23FN6O4S2. The fourth-order valence-corrected chi connectivity index (χ4v) is 5.66. The molecule has 1 N–H and O–H groups in total. The first kappa shape index (κ1) is 25.4. The Hall–Kier alpha value is -3.71. The summed E-state index contributed by atoms with van der Waals surface area (Å²) >= 11 is 1.07. The molecule has 0 bridgehead atoms. The van der Waals surface area contributed by atoms with Gasteiger partial charge in [0, 0.05) is 7.05 Å². The Balaban J connectivity index is 1.52. The van der Waals surface area contributed by atoms with Gasteiger partial charge in [-0.3, -0.25) is 14.2 Å². The number of esters is 1. The van der Waals surface area contributed by atoms with E-state index in [0.717, 1.165) is 11.3 Å². The van der Waals surface area contributed by atoms with Crippen molar-refractivity contribution in [3.63, 3.8) is 0 Å². The van der Waals surface area contributed by atoms with Crippen molar-refractivity contribution < 1.29 is 22.3 Å². The number of halogens is 1. The number of aromatic nitrogens is 5. The number of hydrogen-bond donors (Lipinski definition) is 1. The summed E-state index contributed by atoms with van der Waals surface area (Å²) in [7, 11) is -2.16. The summed E-state index contributed by atoms with van der Waals surface area (Å²) in [6.07, 6.45) is 0.519. The Bertz CT molecular complexity index is 1530. The lowest BCUT2D eigenvalue weighted by molar-refractivity contribution is -0.147. The molecule has 0 aliphatic heterocycles. The van der Waals surface area contributed by atoms with Gasteiger partial charge >= 0.3 is 5.97 Å². The van der Waals surface area contributed by atoms with Gasteiger partial charge < -0.3 is 4.74 Å². The number of hydrogen-bond acceptors (Lipinski definition) is 9. The quantitative estimate of drug-likeness (QED) is 0.341. The monoisotopic (exact) mass is 530 g/mol. The lowest BCUT2D eigenvalue weighted by atomic mass is 10.1. The Labute approximate surface area is 211 Å². The second-order valence-corrected chi connectivity index (χ2v) is 11.1. The molecule has 188 valence electrons. The van der Waals surface area contributed by atoms with E-state index in [1.54, 1.807) is 52.1 Å². The molecule has 13 heteroatoms. The Morgan fingerprint density at radius 3 is 2.69 bits per heavy atom. The number of nitrogens with one attached hydrogen (secondary N) is 1. The summed E-state index contributed by atoms with van der Waals surface area (Å²) in [6, 6.07) is 9.03. The first-order valence-electron chi connectivity index (χ1n) is 10.8. The van der Waals surface area contributed by atoms with Crippen molar-refractivity contribution >= 4 is 33.0 Å². The van der Waals surface area contributed by atoms with Crippen LogP contribution >= 0.6 is 11.3 Å². The molecule has 0 saturated heterocycles. The third-order valence-corrected chi connectivity index (χ3v) is 8.06. The Kier molecular flexibility index (Phi) is 7.13. The van der Waals surface area contributed by atoms with Crippen LogP contribution in [0.5, 0.6) is 0 Å². The summed E-state index contributed by atoms with van der Waals surface area (Å²) in [5, 5.41) is 8.77. The molecule has 3 aromatic heterocycles. The van der Waals surface area contributed by atoms with Crippen molar-refractivity contribution in [2.75, 3.05) is 4.72 Å². The number of nitrogens with zero attached hydrogens (tertiary/aromatic N) is 5. The summed E-state index contributed by atoms with van der Waals surface area (Å²) in [5.41, 5.74) is 2.50. The van der Waals surface area contributed by atoms with Crippen molar-refractivity contribution in [2.24, 2.45) is 7.05 Å². The zero-order valence-corrected chi connectivity index (χ0v) is 21.5. The topological polar surface area (TPSA) is 129 Å². The fraction of sp³-hybridized carbons (Fsp3) is 0.261. The van der Waals surface area contributed by atoms with Crippen molar-refractivity contribution in [3.05, 3.63) is 70.4 Å². The van der Waals surface area contributed by atoms with E-state index in [0.29, 0.717) is 39.0 Å². The molecule has 0 spiro atoms. The van der Waals surface area contributed by atoms with Crippen molar-refractivity contribution in [2.45, 2.75) is 37.5 Å². The van der Waals surface area contributed by atoms with E-state index >= 15 is 0 Å². The number of thiazole rings is 1. The number of carbonyl (C=O) groups excluding carboxylic acids is 1. The highest BCUT2D eigenvalue weighted by Crippen LogP contribution is 2.27. The second-order valence-electron chi connectivity index (χ2n) is 8.01. The zero-order chi connectivity index (χ0) is 26.0. The summed E-state index contributed by atoms with van der Waals surface area (Å²) < 4.78 is 48.3. The minimum Gasteiger partial charge on any atom is -0.457 e. The molecule has 1 atom stereocenters. The normalized spacial score (nSPS) is 12.4. The molecule has 0 fully saturated rings. The Morgan fingerprint density at radius 1 is 1.25 bits per heavy atom. The van der Waals surface area contributed by atoms with Crippen LogP contribution in [0.1, 0.15) is 35.0 Å². The van der Waals surface area contributed by atoms with Gasteiger partial charge in [0.05, 0.1) is 40.4 Å². The first-order valence-corrected chi connectivity index (χ1v) is 13.1. The summed E-state index contributed by atoms with van der Waals surface area (Å²) in [4.78, 5) is 21.1. The molecule has 10 nitrogen and oxygen atoms in total. The van der Waals surface area contributed by atoms with Crippen LogP contribution in [0.2, 0.25) is 0 Å². The van der Waals surface area contributed by atoms with E-state index in [9.17, 15) is 17.6 Å². The van der Waals surface area contributed by atoms with Crippen LogP contribution in [-0.4, -0.2) is 39.3 Å². The molecule has 0 amide bonds. The maximum absolute atomic E-state index is 13.5. The lowest BCUT2D eigenvalue weighted by Crippen LogP contribution is -2.15. The SMILES string of the molecule is Cc1ncc(S(=O)(=O)Nc2ccc(-c3nnn(C)c3CC(=O)O[C@H](C)c3cccc(F)c3)nc2C)s1. The van der Waals surface area contributed by atoms with Gasteiger partial charge in [-0.1, -0.05) is 17.3 Å². The van der Waals surface area contributed by atoms with E-state index in [1.165, 1.54) is 23.0 Å². The van der Waals surface area contributed by atoms with E-state index in [-0.39, 0.29) is 10.6 Å². The fourth-order valence-electron chi connectivity index (χ4n) is 3.44. The lowest BCUT2D eigenvalue weighted by Gasteiger charge is -2.14. The number of pyridine rings is 1. The van der Waals surface area contributed by atoms with Crippen LogP contribution in [-0.2, 0) is 33.0 Å². The number of benzene rings is 1. The maximum atomic E-state index is 13.5. The van der Waals surface area contributed by atoms with E-state index in [2.05, 4.69) is 25.0 Å². The van der Waals surface area contributed by atoms with Crippen LogP contribution in [0.3, 0.4) is 0 Å². The van der Waals surface area contributed by atoms with Crippen LogP contribution in [0.4, 0.5) is 10.1 Å². The van der Waals surface area contributed by atoms with E-state index in [1.807, 2.05) is 0 Å². The number of rotatable bonds is 8. The number of sulfonamides is 1. The number of anilines is 1. The molecule has 4 rings (SSSR count). The van der Waals surface area contributed by atoms with Gasteiger partial charge in [-0.05, 0) is 50.6 Å². The van der Waals surface area contributed by atoms with Crippen molar-refractivity contribution in [3.8, 4) is 11.4 Å². The second kappa shape index (κ2) is 10.1. The molecule has 0 aliphatic rings. The van der Waals surface area contributed by atoms with E-state index < -0.39 is 27.9 Å². The molecule has 1 aromatic carbocycles. The number of aryl methyl sites for hydroxylation is 3. The zero-order valence-electron chi connectivity index (χ0n) is 19.9. The smallest absolute Gasteiger partial charge is 0.312 e. The van der Waals surface area contributed by atoms with Crippen LogP contribution in [0, 0.1) is 19.7 Å². The van der Waals surface area contributed by atoms with Gasteiger partial charge in [0.15, 0.2) is 4.21 Å². The number of ether oxygens (including phenoxy) is 1. The van der Waals surface area contributed by atoms with Gasteiger partial charge in [0.25, 0.3) is 10.0 Å². The third-order valence-electron chi connectivity index (χ3n) is 5.32. The predicted molar refractivity (Wildman–Crippen MR) is 131 cm³/mol. The van der Waals surface area contributed by atoms with Crippen molar-refractivity contribution in [1.82, 2.24) is 25.0 Å². The van der Waals surface area contributed by atoms with Gasteiger partial charge in [0.1, 0.15) is 17.6 Å². The van der Waals surface area contributed by atoms with Crippen molar-refractivity contribution in [1.29, 1.82) is 0 Å². The average Bonchev–Trinajstić information content (AvgIpc) is 3.41. The highest BCUT2D eigenvalue weighted by molar-refractivity contribution is 7.94. The van der Waals surface area contributed by atoms with Gasteiger partial charge in [-0.15, -0.1) is 16.4 Å². The van der Waals surface area contributed by atoms with Crippen LogP contribution in [0.25, 0.3) is 11.4 Å².